The number of anilines is 1. The summed E-state index contributed by atoms with van der Waals surface area (Å²) in [5, 5.41) is 11.3. The number of hydrogen-bond donors (Lipinski definition) is 1. The molecule has 1 aliphatic carbocycles. The number of rotatable bonds is 12. The third kappa shape index (κ3) is 7.66. The van der Waals surface area contributed by atoms with Gasteiger partial charge >= 0.3 is 12.1 Å². The van der Waals surface area contributed by atoms with E-state index in [-0.39, 0.29) is 36.1 Å². The molecule has 1 N–H and O–H groups in total. The molecule has 2 aliphatic heterocycles. The number of carbonyl (C=O) groups excluding carboxylic acids is 2. The minimum absolute atomic E-state index is 0.144. The van der Waals surface area contributed by atoms with E-state index in [0.717, 1.165) is 88.4 Å². The topological polar surface area (TPSA) is 102 Å². The van der Waals surface area contributed by atoms with Crippen molar-refractivity contribution >= 4 is 17.7 Å². The summed E-state index contributed by atoms with van der Waals surface area (Å²) < 4.78 is 13.8. The van der Waals surface area contributed by atoms with Crippen LogP contribution in [0.4, 0.5) is 10.5 Å². The molecule has 3 unspecified atom stereocenters. The van der Waals surface area contributed by atoms with Gasteiger partial charge in [-0.15, -0.1) is 10.2 Å². The molecule has 1 aromatic heterocycles. The van der Waals surface area contributed by atoms with E-state index >= 15 is 0 Å². The Kier molecular flexibility index (Phi) is 10.7. The van der Waals surface area contributed by atoms with Gasteiger partial charge in [0.05, 0.1) is 5.56 Å². The van der Waals surface area contributed by atoms with Crippen molar-refractivity contribution in [3.63, 3.8) is 0 Å². The molecule has 3 heterocycles. The molecule has 1 amide bonds. The lowest BCUT2D eigenvalue weighted by atomic mass is 9.58. The molecule has 268 valence electrons. The summed E-state index contributed by atoms with van der Waals surface area (Å²) in [6.07, 6.45) is 6.47. The standard InChI is InChI=1S/C41H50N6O4/c1-30-44-43-29-47(30)28-41(34-12-7-4-8-13-34,37-14-9-15-38(37)51-40(49)42-2)35-20-22-45(23-21-35)24-32-25-46(26-32)36-18-16-33(17-19-36)39(48)50-27-31-10-5-3-6-11-31/h3-8,10-13,16-19,29,32,35,37-38H,9,14-15,20-28H2,1-2H3,(H,42,49). The van der Waals surface area contributed by atoms with Crippen molar-refractivity contribution in [1.82, 2.24) is 25.0 Å². The molecule has 0 spiro atoms. The van der Waals surface area contributed by atoms with E-state index in [1.165, 1.54) is 5.56 Å². The smallest absolute Gasteiger partial charge is 0.407 e. The van der Waals surface area contributed by atoms with Crippen LogP contribution in [-0.4, -0.2) is 77.6 Å². The van der Waals surface area contributed by atoms with Gasteiger partial charge in [0.15, 0.2) is 0 Å². The first-order valence-corrected chi connectivity index (χ1v) is 18.5. The van der Waals surface area contributed by atoms with Crippen LogP contribution >= 0.6 is 0 Å². The summed E-state index contributed by atoms with van der Waals surface area (Å²) in [5.41, 5.74) is 3.78. The van der Waals surface area contributed by atoms with E-state index in [0.29, 0.717) is 17.4 Å². The molecule has 2 saturated heterocycles. The summed E-state index contributed by atoms with van der Waals surface area (Å²) in [7, 11) is 1.64. The summed E-state index contributed by atoms with van der Waals surface area (Å²) in [5.74, 6) is 1.81. The van der Waals surface area contributed by atoms with Gasteiger partial charge in [0.2, 0.25) is 0 Å². The maximum atomic E-state index is 12.6. The number of ether oxygens (including phenoxy) is 2. The van der Waals surface area contributed by atoms with Crippen molar-refractivity contribution in [2.45, 2.75) is 63.7 Å². The van der Waals surface area contributed by atoms with Crippen LogP contribution < -0.4 is 10.2 Å². The molecule has 4 aromatic rings. The first kappa shape index (κ1) is 34.7. The summed E-state index contributed by atoms with van der Waals surface area (Å²) >= 11 is 0. The number of aryl methyl sites for hydroxylation is 1. The number of alkyl carbamates (subject to hydrolysis) is 1. The molecule has 0 radical (unpaired) electrons. The maximum Gasteiger partial charge on any atom is 0.407 e. The lowest BCUT2D eigenvalue weighted by Crippen LogP contribution is -2.55. The highest BCUT2D eigenvalue weighted by atomic mass is 16.6. The second-order valence-corrected chi connectivity index (χ2v) is 14.6. The average Bonchev–Trinajstić information content (AvgIpc) is 3.80. The number of benzene rings is 3. The lowest BCUT2D eigenvalue weighted by molar-refractivity contribution is 0.00176. The van der Waals surface area contributed by atoms with E-state index in [4.69, 9.17) is 9.47 Å². The van der Waals surface area contributed by atoms with Gasteiger partial charge in [-0.05, 0) is 93.4 Å². The molecule has 1 saturated carbocycles. The Hall–Kier alpha value is -4.70. The number of nitrogens with one attached hydrogen (secondary N) is 1. The number of nitrogens with zero attached hydrogens (tertiary/aromatic N) is 5. The molecule has 3 fully saturated rings. The van der Waals surface area contributed by atoms with Gasteiger partial charge in [-0.2, -0.15) is 0 Å². The molecule has 0 bridgehead atoms. The van der Waals surface area contributed by atoms with Crippen LogP contribution in [0.5, 0.6) is 0 Å². The number of piperidine rings is 1. The SMILES string of the molecule is CNC(=O)OC1CCCC1C(Cn1cnnc1C)(c1ccccc1)C1CCN(CC2CN(c3ccc(C(=O)OCc4ccccc4)cc3)C2)CC1. The fraction of sp³-hybridized carbons (Fsp3) is 0.463. The molecule has 3 atom stereocenters. The molecule has 3 aliphatic rings. The van der Waals surface area contributed by atoms with Crippen molar-refractivity contribution in [2.24, 2.45) is 17.8 Å². The minimum atomic E-state index is -0.351. The zero-order chi connectivity index (χ0) is 35.2. The number of carbonyl (C=O) groups is 2. The van der Waals surface area contributed by atoms with E-state index in [2.05, 4.69) is 60.2 Å². The monoisotopic (exact) mass is 690 g/mol. The van der Waals surface area contributed by atoms with Gasteiger partial charge in [0.1, 0.15) is 24.9 Å². The highest BCUT2D eigenvalue weighted by molar-refractivity contribution is 5.89. The van der Waals surface area contributed by atoms with Gasteiger partial charge in [-0.3, -0.25) is 0 Å². The molecular formula is C41H50N6O4. The molecule has 7 rings (SSSR count). The average molecular weight is 691 g/mol. The van der Waals surface area contributed by atoms with Gasteiger partial charge < -0.3 is 29.2 Å². The van der Waals surface area contributed by atoms with E-state index in [9.17, 15) is 9.59 Å². The molecular weight excluding hydrogens is 640 g/mol. The van der Waals surface area contributed by atoms with Crippen LogP contribution in [0.25, 0.3) is 0 Å². The molecule has 3 aromatic carbocycles. The van der Waals surface area contributed by atoms with Gasteiger partial charge in [-0.25, -0.2) is 9.59 Å². The number of aromatic nitrogens is 3. The Bertz CT molecular complexity index is 1730. The van der Waals surface area contributed by atoms with Gasteiger partial charge in [-0.1, -0.05) is 60.7 Å². The van der Waals surface area contributed by atoms with Crippen LogP contribution in [0.3, 0.4) is 0 Å². The zero-order valence-corrected chi connectivity index (χ0v) is 29.8. The van der Waals surface area contributed by atoms with Crippen molar-refractivity contribution in [3.8, 4) is 0 Å². The van der Waals surface area contributed by atoms with Crippen LogP contribution in [0.15, 0.2) is 91.3 Å². The normalized spacial score (nSPS) is 21.1. The first-order valence-electron chi connectivity index (χ1n) is 18.5. The maximum absolute atomic E-state index is 12.6. The quantitative estimate of drug-likeness (QED) is 0.174. The van der Waals surface area contributed by atoms with Crippen molar-refractivity contribution in [2.75, 3.05) is 44.7 Å². The van der Waals surface area contributed by atoms with Crippen molar-refractivity contribution in [3.05, 3.63) is 114 Å². The highest BCUT2D eigenvalue weighted by Gasteiger charge is 2.53. The van der Waals surface area contributed by atoms with Gasteiger partial charge in [0.25, 0.3) is 0 Å². The van der Waals surface area contributed by atoms with Crippen molar-refractivity contribution < 1.29 is 19.1 Å². The van der Waals surface area contributed by atoms with Crippen LogP contribution in [0.1, 0.15) is 59.4 Å². The second-order valence-electron chi connectivity index (χ2n) is 14.6. The lowest BCUT2D eigenvalue weighted by Gasteiger charge is -2.51. The minimum Gasteiger partial charge on any atom is -0.457 e. The Labute approximate surface area is 301 Å². The van der Waals surface area contributed by atoms with Crippen LogP contribution in [0, 0.1) is 24.7 Å². The Balaban J connectivity index is 0.988. The summed E-state index contributed by atoms with van der Waals surface area (Å²) in [6, 6.07) is 28.5. The van der Waals surface area contributed by atoms with Gasteiger partial charge in [0, 0.05) is 56.2 Å². The number of amides is 1. The Morgan fingerprint density at radius 1 is 0.902 bits per heavy atom. The predicted octanol–water partition coefficient (Wildman–Crippen LogP) is 6.25. The molecule has 51 heavy (non-hydrogen) atoms. The van der Waals surface area contributed by atoms with E-state index in [1.54, 1.807) is 7.05 Å². The second kappa shape index (κ2) is 15.7. The number of hydrogen-bond acceptors (Lipinski definition) is 8. The van der Waals surface area contributed by atoms with Crippen LogP contribution in [-0.2, 0) is 28.0 Å². The highest BCUT2D eigenvalue weighted by Crippen LogP contribution is 2.52. The fourth-order valence-corrected chi connectivity index (χ4v) is 8.95. The van der Waals surface area contributed by atoms with Crippen LogP contribution in [0.2, 0.25) is 0 Å². The third-order valence-corrected chi connectivity index (χ3v) is 11.6. The molecule has 10 nitrogen and oxygen atoms in total. The third-order valence-electron chi connectivity index (χ3n) is 11.6. The summed E-state index contributed by atoms with van der Waals surface area (Å²) in [6.45, 7) is 8.26. The number of esters is 1. The fourth-order valence-electron chi connectivity index (χ4n) is 8.95. The Morgan fingerprint density at radius 3 is 2.27 bits per heavy atom. The van der Waals surface area contributed by atoms with E-state index in [1.807, 2.05) is 67.8 Å². The first-order chi connectivity index (χ1) is 24.9. The molecule has 10 heteroatoms. The largest absolute Gasteiger partial charge is 0.457 e. The van der Waals surface area contributed by atoms with Crippen molar-refractivity contribution in [1.29, 1.82) is 0 Å². The zero-order valence-electron chi connectivity index (χ0n) is 29.8. The van der Waals surface area contributed by atoms with E-state index < -0.39 is 0 Å². The Morgan fingerprint density at radius 2 is 1.61 bits per heavy atom. The predicted molar refractivity (Wildman–Crippen MR) is 196 cm³/mol. The number of likely N-dealkylation sites (tertiary alicyclic amines) is 1. The summed E-state index contributed by atoms with van der Waals surface area (Å²) in [4.78, 5) is 30.2.